The van der Waals surface area contributed by atoms with Gasteiger partial charge >= 0.3 is 5.97 Å². The van der Waals surface area contributed by atoms with Crippen molar-refractivity contribution in [1.82, 2.24) is 0 Å². The third-order valence-electron chi connectivity index (χ3n) is 5.14. The Morgan fingerprint density at radius 1 is 1.19 bits per heavy atom. The molecule has 2 bridgehead atoms. The molecule has 0 aromatic heterocycles. The van der Waals surface area contributed by atoms with Crippen LogP contribution in [-0.2, 0) is 10.2 Å². The van der Waals surface area contributed by atoms with Gasteiger partial charge in [-0.15, -0.1) is 0 Å². The zero-order valence-corrected chi connectivity index (χ0v) is 12.1. The summed E-state index contributed by atoms with van der Waals surface area (Å²) in [4.78, 5) is 12.0. The van der Waals surface area contributed by atoms with Crippen molar-refractivity contribution >= 4 is 16.7 Å². The van der Waals surface area contributed by atoms with Crippen molar-refractivity contribution in [3.63, 3.8) is 0 Å². The third-order valence-corrected chi connectivity index (χ3v) is 5.14. The first-order chi connectivity index (χ1) is 10.2. The number of fused-ring (bicyclic) bond motifs is 3. The van der Waals surface area contributed by atoms with Gasteiger partial charge in [-0.25, -0.2) is 4.79 Å². The van der Waals surface area contributed by atoms with Crippen LogP contribution in [0.15, 0.2) is 48.6 Å². The second-order valence-electron chi connectivity index (χ2n) is 6.22. The van der Waals surface area contributed by atoms with E-state index in [1.165, 1.54) is 37.3 Å². The van der Waals surface area contributed by atoms with Crippen molar-refractivity contribution in [2.75, 3.05) is 7.11 Å². The molecule has 106 valence electrons. The SMILES string of the molecule is COC(=O)c1cccc2c(C34C=CC(CC3)C4)cccc12. The Kier molecular flexibility index (Phi) is 2.68. The molecule has 0 heterocycles. The Morgan fingerprint density at radius 2 is 2.00 bits per heavy atom. The van der Waals surface area contributed by atoms with E-state index in [4.69, 9.17) is 4.74 Å². The minimum absolute atomic E-state index is 0.179. The third kappa shape index (κ3) is 1.75. The number of allylic oxidation sites excluding steroid dienone is 2. The van der Waals surface area contributed by atoms with Crippen LogP contribution in [0.25, 0.3) is 10.8 Å². The van der Waals surface area contributed by atoms with Crippen molar-refractivity contribution in [1.29, 1.82) is 0 Å². The van der Waals surface area contributed by atoms with Crippen LogP contribution < -0.4 is 0 Å². The largest absolute Gasteiger partial charge is 0.465 e. The first-order valence-corrected chi connectivity index (χ1v) is 7.53. The number of carbonyl (C=O) groups excluding carboxylic acids is 1. The quantitative estimate of drug-likeness (QED) is 0.607. The fourth-order valence-electron chi connectivity index (χ4n) is 4.12. The fourth-order valence-corrected chi connectivity index (χ4v) is 4.12. The monoisotopic (exact) mass is 278 g/mol. The highest BCUT2D eigenvalue weighted by molar-refractivity contribution is 6.05. The van der Waals surface area contributed by atoms with Gasteiger partial charge in [-0.3, -0.25) is 0 Å². The second kappa shape index (κ2) is 4.45. The van der Waals surface area contributed by atoms with Crippen LogP contribution in [0.5, 0.6) is 0 Å². The molecule has 0 saturated heterocycles. The van der Waals surface area contributed by atoms with Gasteiger partial charge in [0.2, 0.25) is 0 Å². The first kappa shape index (κ1) is 12.6. The number of carbonyl (C=O) groups is 1. The van der Waals surface area contributed by atoms with E-state index in [1.807, 2.05) is 18.2 Å². The number of benzene rings is 2. The summed E-state index contributed by atoms with van der Waals surface area (Å²) in [6.07, 6.45) is 8.47. The summed E-state index contributed by atoms with van der Waals surface area (Å²) in [5.74, 6) is 0.477. The van der Waals surface area contributed by atoms with E-state index in [2.05, 4.69) is 30.4 Å². The Bertz CT molecular complexity index is 759. The molecule has 0 spiro atoms. The van der Waals surface area contributed by atoms with E-state index in [1.54, 1.807) is 0 Å². The van der Waals surface area contributed by atoms with Gasteiger partial charge in [0.15, 0.2) is 0 Å². The molecular formula is C19H18O2. The van der Waals surface area contributed by atoms with Crippen molar-refractivity contribution < 1.29 is 9.53 Å². The molecule has 1 fully saturated rings. The highest BCUT2D eigenvalue weighted by Gasteiger charge is 2.42. The molecule has 2 aromatic rings. The molecule has 2 nitrogen and oxygen atoms in total. The van der Waals surface area contributed by atoms with E-state index >= 15 is 0 Å². The average molecular weight is 278 g/mol. The Labute approximate surface area is 124 Å². The minimum atomic E-state index is -0.262. The number of rotatable bonds is 2. The van der Waals surface area contributed by atoms with Gasteiger partial charge in [-0.2, -0.15) is 0 Å². The summed E-state index contributed by atoms with van der Waals surface area (Å²) >= 11 is 0. The number of methoxy groups -OCH3 is 1. The zero-order chi connectivity index (χ0) is 14.4. The Hall–Kier alpha value is -2.09. The average Bonchev–Trinajstić information content (AvgIpc) is 3.15. The standard InChI is InChI=1S/C19H18O2/c1-21-18(20)16-6-2-5-15-14(16)4-3-7-17(15)19-10-8-13(12-19)9-11-19/h2-8,10,13H,9,11-12H2,1H3. The van der Waals surface area contributed by atoms with E-state index in [0.29, 0.717) is 5.56 Å². The van der Waals surface area contributed by atoms with Crippen LogP contribution in [0.4, 0.5) is 0 Å². The first-order valence-electron chi connectivity index (χ1n) is 7.53. The van der Waals surface area contributed by atoms with Crippen LogP contribution in [-0.4, -0.2) is 13.1 Å². The van der Waals surface area contributed by atoms with Gasteiger partial charge in [0.25, 0.3) is 0 Å². The summed E-state index contributed by atoms with van der Waals surface area (Å²) in [5.41, 5.74) is 2.20. The molecule has 0 radical (unpaired) electrons. The van der Waals surface area contributed by atoms with Crippen molar-refractivity contribution in [3.8, 4) is 0 Å². The number of ether oxygens (including phenoxy) is 1. The molecule has 0 amide bonds. The molecule has 0 aliphatic heterocycles. The zero-order valence-electron chi connectivity index (χ0n) is 12.1. The van der Waals surface area contributed by atoms with Gasteiger partial charge in [-0.05, 0) is 47.6 Å². The molecule has 1 saturated carbocycles. The molecule has 2 aliphatic carbocycles. The smallest absolute Gasteiger partial charge is 0.338 e. The van der Waals surface area contributed by atoms with Crippen molar-refractivity contribution in [3.05, 3.63) is 59.7 Å². The van der Waals surface area contributed by atoms with Gasteiger partial charge < -0.3 is 4.74 Å². The number of hydrogen-bond acceptors (Lipinski definition) is 2. The van der Waals surface area contributed by atoms with Gasteiger partial charge in [0, 0.05) is 5.41 Å². The number of esters is 1. The van der Waals surface area contributed by atoms with Crippen LogP contribution in [0.2, 0.25) is 0 Å². The lowest BCUT2D eigenvalue weighted by molar-refractivity contribution is 0.0603. The van der Waals surface area contributed by atoms with Crippen LogP contribution >= 0.6 is 0 Å². The lowest BCUT2D eigenvalue weighted by atomic mass is 9.77. The molecule has 2 aromatic carbocycles. The van der Waals surface area contributed by atoms with Crippen molar-refractivity contribution in [2.45, 2.75) is 24.7 Å². The summed E-state index contributed by atoms with van der Waals surface area (Å²) in [5, 5.41) is 2.19. The Morgan fingerprint density at radius 3 is 2.67 bits per heavy atom. The van der Waals surface area contributed by atoms with Crippen molar-refractivity contribution in [2.24, 2.45) is 5.92 Å². The topological polar surface area (TPSA) is 26.3 Å². The number of hydrogen-bond donors (Lipinski definition) is 0. The lowest BCUT2D eigenvalue weighted by Gasteiger charge is -2.26. The molecular weight excluding hydrogens is 260 g/mol. The Balaban J connectivity index is 1.96. The van der Waals surface area contributed by atoms with Gasteiger partial charge in [0.1, 0.15) is 0 Å². The second-order valence-corrected chi connectivity index (χ2v) is 6.22. The summed E-state index contributed by atoms with van der Waals surface area (Å²) < 4.78 is 4.92. The van der Waals surface area contributed by atoms with Gasteiger partial charge in [-0.1, -0.05) is 42.5 Å². The fraction of sp³-hybridized carbons (Fsp3) is 0.316. The summed E-state index contributed by atoms with van der Waals surface area (Å²) in [6, 6.07) is 12.2. The highest BCUT2D eigenvalue weighted by atomic mass is 16.5. The van der Waals surface area contributed by atoms with Crippen LogP contribution in [0, 0.1) is 5.92 Å². The summed E-state index contributed by atoms with van der Waals surface area (Å²) in [7, 11) is 1.44. The molecule has 4 rings (SSSR count). The maximum atomic E-state index is 12.0. The van der Waals surface area contributed by atoms with Crippen LogP contribution in [0.1, 0.15) is 35.2 Å². The predicted molar refractivity (Wildman–Crippen MR) is 83.4 cm³/mol. The molecule has 2 heteroatoms. The van der Waals surface area contributed by atoms with E-state index in [-0.39, 0.29) is 11.4 Å². The lowest BCUT2D eigenvalue weighted by Crippen LogP contribution is -2.18. The van der Waals surface area contributed by atoms with Crippen LogP contribution in [0.3, 0.4) is 0 Å². The normalized spacial score (nSPS) is 26.4. The highest BCUT2D eigenvalue weighted by Crippen LogP contribution is 2.52. The maximum absolute atomic E-state index is 12.0. The van der Waals surface area contributed by atoms with Gasteiger partial charge in [0.05, 0.1) is 12.7 Å². The minimum Gasteiger partial charge on any atom is -0.465 e. The van der Waals surface area contributed by atoms with E-state index < -0.39 is 0 Å². The molecule has 0 N–H and O–H groups in total. The molecule has 2 atom stereocenters. The maximum Gasteiger partial charge on any atom is 0.338 e. The summed E-state index contributed by atoms with van der Waals surface area (Å²) in [6.45, 7) is 0. The molecule has 2 aliphatic rings. The molecule has 2 unspecified atom stereocenters. The van der Waals surface area contributed by atoms with E-state index in [9.17, 15) is 4.79 Å². The van der Waals surface area contributed by atoms with E-state index in [0.717, 1.165) is 11.3 Å². The predicted octanol–water partition coefficient (Wildman–Crippen LogP) is 4.23. The molecule has 21 heavy (non-hydrogen) atoms.